The topological polar surface area (TPSA) is 58.6 Å². The first-order valence-corrected chi connectivity index (χ1v) is 6.77. The Labute approximate surface area is 100 Å². The molecule has 2 N–H and O–H groups in total. The van der Waals surface area contributed by atoms with Crippen molar-refractivity contribution in [3.8, 4) is 0 Å². The minimum absolute atomic E-state index is 0.0593. The van der Waals surface area contributed by atoms with Crippen LogP contribution in [0.5, 0.6) is 0 Å². The van der Waals surface area contributed by atoms with Gasteiger partial charge in [0.05, 0.1) is 11.0 Å². The summed E-state index contributed by atoms with van der Waals surface area (Å²) in [6, 6.07) is -0.393. The Bertz CT molecular complexity index is 284. The Morgan fingerprint density at radius 3 is 2.94 bits per heavy atom. The molecule has 0 aliphatic carbocycles. The molecule has 0 aromatic carbocycles. The first kappa shape index (κ1) is 12.2. The van der Waals surface area contributed by atoms with Crippen molar-refractivity contribution < 1.29 is 14.6 Å². The van der Waals surface area contributed by atoms with Gasteiger partial charge in [0.25, 0.3) is 0 Å². The smallest absolute Gasteiger partial charge is 0.321 e. The lowest BCUT2D eigenvalue weighted by Crippen LogP contribution is -2.51. The fourth-order valence-corrected chi connectivity index (χ4v) is 3.78. The normalized spacial score (nSPS) is 39.4. The van der Waals surface area contributed by atoms with Crippen LogP contribution in [0.25, 0.3) is 0 Å². The van der Waals surface area contributed by atoms with Crippen molar-refractivity contribution in [1.29, 1.82) is 0 Å². The van der Waals surface area contributed by atoms with Crippen molar-refractivity contribution in [2.45, 2.75) is 43.7 Å². The molecule has 2 unspecified atom stereocenters. The highest BCUT2D eigenvalue weighted by atomic mass is 32.2. The third kappa shape index (κ3) is 2.36. The van der Waals surface area contributed by atoms with Gasteiger partial charge in [-0.3, -0.25) is 10.1 Å². The molecule has 1 spiro atoms. The van der Waals surface area contributed by atoms with Crippen molar-refractivity contribution in [2.24, 2.45) is 5.92 Å². The van der Waals surface area contributed by atoms with Crippen LogP contribution in [0.2, 0.25) is 0 Å². The van der Waals surface area contributed by atoms with E-state index in [9.17, 15) is 4.79 Å². The zero-order chi connectivity index (χ0) is 11.8. The number of carboxylic acid groups (broad SMARTS) is 1. The second-order valence-electron chi connectivity index (χ2n) is 4.95. The summed E-state index contributed by atoms with van der Waals surface area (Å²) in [5, 5.41) is 12.3. The van der Waals surface area contributed by atoms with Crippen LogP contribution in [0.3, 0.4) is 0 Å². The van der Waals surface area contributed by atoms with Crippen LogP contribution < -0.4 is 5.32 Å². The van der Waals surface area contributed by atoms with E-state index in [4.69, 9.17) is 9.84 Å². The first-order chi connectivity index (χ1) is 7.52. The maximum atomic E-state index is 10.9. The molecule has 2 aliphatic rings. The van der Waals surface area contributed by atoms with Crippen LogP contribution >= 0.6 is 11.8 Å². The predicted octanol–water partition coefficient (Wildman–Crippen LogP) is 1.31. The van der Waals surface area contributed by atoms with E-state index in [1.807, 2.05) is 0 Å². The molecular weight excluding hydrogens is 226 g/mol. The molecule has 2 saturated heterocycles. The van der Waals surface area contributed by atoms with Gasteiger partial charge in [-0.1, -0.05) is 13.8 Å². The SMILES string of the molecule is CC(C)C1CC2(CCO1)N[C@@H](C(=O)O)CS2. The number of ether oxygens (including phenoxy) is 1. The van der Waals surface area contributed by atoms with Gasteiger partial charge in [0.1, 0.15) is 6.04 Å². The van der Waals surface area contributed by atoms with E-state index in [-0.39, 0.29) is 11.0 Å². The highest BCUT2D eigenvalue weighted by Crippen LogP contribution is 2.41. The molecule has 0 amide bonds. The van der Waals surface area contributed by atoms with E-state index >= 15 is 0 Å². The van der Waals surface area contributed by atoms with Crippen molar-refractivity contribution in [1.82, 2.24) is 5.32 Å². The number of carboxylic acids is 1. The molecule has 2 aliphatic heterocycles. The number of thioether (sulfide) groups is 1. The molecule has 0 radical (unpaired) electrons. The van der Waals surface area contributed by atoms with Crippen LogP contribution in [-0.2, 0) is 9.53 Å². The fourth-order valence-electron chi connectivity index (χ4n) is 2.33. The maximum Gasteiger partial charge on any atom is 0.321 e. The molecule has 4 nitrogen and oxygen atoms in total. The molecule has 0 saturated carbocycles. The molecule has 0 aromatic heterocycles. The molecule has 92 valence electrons. The van der Waals surface area contributed by atoms with Crippen LogP contribution in [0, 0.1) is 5.92 Å². The molecular formula is C11H19NO3S. The van der Waals surface area contributed by atoms with Crippen molar-refractivity contribution in [2.75, 3.05) is 12.4 Å². The third-order valence-electron chi connectivity index (χ3n) is 3.37. The first-order valence-electron chi connectivity index (χ1n) is 5.78. The molecule has 0 aromatic rings. The van der Waals surface area contributed by atoms with Crippen LogP contribution in [0.4, 0.5) is 0 Å². The average Bonchev–Trinajstić information content (AvgIpc) is 2.62. The lowest BCUT2D eigenvalue weighted by molar-refractivity contribution is -0.139. The number of aliphatic carboxylic acids is 1. The van der Waals surface area contributed by atoms with E-state index in [2.05, 4.69) is 19.2 Å². The lowest BCUT2D eigenvalue weighted by Gasteiger charge is -2.39. The van der Waals surface area contributed by atoms with Gasteiger partial charge in [0.2, 0.25) is 0 Å². The van der Waals surface area contributed by atoms with E-state index in [1.165, 1.54) is 0 Å². The van der Waals surface area contributed by atoms with E-state index < -0.39 is 12.0 Å². The maximum absolute atomic E-state index is 10.9. The molecule has 2 heterocycles. The summed E-state index contributed by atoms with van der Waals surface area (Å²) < 4.78 is 5.72. The number of carbonyl (C=O) groups is 1. The van der Waals surface area contributed by atoms with Gasteiger partial charge in [0.15, 0.2) is 0 Å². The van der Waals surface area contributed by atoms with Crippen LogP contribution in [0.15, 0.2) is 0 Å². The van der Waals surface area contributed by atoms with Crippen molar-refractivity contribution in [3.63, 3.8) is 0 Å². The summed E-state index contributed by atoms with van der Waals surface area (Å²) in [5.41, 5.74) is 0. The van der Waals surface area contributed by atoms with E-state index in [0.29, 0.717) is 11.7 Å². The quantitative estimate of drug-likeness (QED) is 0.768. The monoisotopic (exact) mass is 245 g/mol. The summed E-state index contributed by atoms with van der Waals surface area (Å²) in [4.78, 5) is 10.9. The van der Waals surface area contributed by atoms with Gasteiger partial charge in [-0.2, -0.15) is 0 Å². The van der Waals surface area contributed by atoms with Crippen molar-refractivity contribution in [3.05, 3.63) is 0 Å². The average molecular weight is 245 g/mol. The third-order valence-corrected chi connectivity index (χ3v) is 4.92. The summed E-state index contributed by atoms with van der Waals surface area (Å²) in [5.74, 6) is 0.417. The zero-order valence-corrected chi connectivity index (χ0v) is 10.5. The van der Waals surface area contributed by atoms with Crippen molar-refractivity contribution >= 4 is 17.7 Å². The Morgan fingerprint density at radius 1 is 1.62 bits per heavy atom. The molecule has 0 bridgehead atoms. The zero-order valence-electron chi connectivity index (χ0n) is 9.73. The highest BCUT2D eigenvalue weighted by molar-refractivity contribution is 8.01. The molecule has 5 heteroatoms. The van der Waals surface area contributed by atoms with Gasteiger partial charge in [-0.25, -0.2) is 0 Å². The van der Waals surface area contributed by atoms with E-state index in [0.717, 1.165) is 19.4 Å². The summed E-state index contributed by atoms with van der Waals surface area (Å²) >= 11 is 1.75. The Hall–Kier alpha value is -0.260. The van der Waals surface area contributed by atoms with Gasteiger partial charge < -0.3 is 9.84 Å². The molecule has 3 atom stereocenters. The molecule has 16 heavy (non-hydrogen) atoms. The predicted molar refractivity (Wildman–Crippen MR) is 63.6 cm³/mol. The van der Waals surface area contributed by atoms with Gasteiger partial charge in [-0.15, -0.1) is 11.8 Å². The standard InChI is InChI=1S/C11H19NO3S/c1-7(2)9-5-11(3-4-15-9)12-8(6-16-11)10(13)14/h7-9,12H,3-6H2,1-2H3,(H,13,14)/t8-,9?,11?/m1/s1. The van der Waals surface area contributed by atoms with Gasteiger partial charge >= 0.3 is 5.97 Å². The van der Waals surface area contributed by atoms with Gasteiger partial charge in [-0.05, 0) is 12.3 Å². The number of hydrogen-bond donors (Lipinski definition) is 2. The highest BCUT2D eigenvalue weighted by Gasteiger charge is 2.45. The number of nitrogens with one attached hydrogen (secondary N) is 1. The lowest BCUT2D eigenvalue weighted by atomic mass is 9.94. The summed E-state index contributed by atoms with van der Waals surface area (Å²) in [7, 11) is 0. The Morgan fingerprint density at radius 2 is 2.38 bits per heavy atom. The van der Waals surface area contributed by atoms with Gasteiger partial charge in [0, 0.05) is 18.8 Å². The molecule has 2 fully saturated rings. The number of rotatable bonds is 2. The summed E-state index contributed by atoms with van der Waals surface area (Å²) in [6.07, 6.45) is 2.07. The second kappa shape index (κ2) is 4.55. The Balaban J connectivity index is 2.01. The summed E-state index contributed by atoms with van der Waals surface area (Å²) in [6.45, 7) is 5.03. The number of hydrogen-bond acceptors (Lipinski definition) is 4. The minimum Gasteiger partial charge on any atom is -0.480 e. The largest absolute Gasteiger partial charge is 0.480 e. The van der Waals surface area contributed by atoms with Crippen LogP contribution in [-0.4, -0.2) is 40.5 Å². The molecule has 2 rings (SSSR count). The second-order valence-corrected chi connectivity index (χ2v) is 6.35. The van der Waals surface area contributed by atoms with Crippen LogP contribution in [0.1, 0.15) is 26.7 Å². The van der Waals surface area contributed by atoms with E-state index in [1.54, 1.807) is 11.8 Å². The minimum atomic E-state index is -0.739. The Kier molecular flexibility index (Phi) is 3.47. The fraction of sp³-hybridized carbons (Fsp3) is 0.909.